The normalized spacial score (nSPS) is 19.5. The predicted octanol–water partition coefficient (Wildman–Crippen LogP) is 5.05. The number of hydrogen-bond donors (Lipinski definition) is 1. The van der Waals surface area contributed by atoms with Crippen LogP contribution in [0, 0.1) is 0 Å². The number of rotatable bonds is 7. The van der Waals surface area contributed by atoms with Crippen molar-refractivity contribution in [3.63, 3.8) is 0 Å². The Hall–Kier alpha value is -3.05. The molecule has 0 radical (unpaired) electrons. The van der Waals surface area contributed by atoms with Gasteiger partial charge in [-0.3, -0.25) is 4.55 Å². The zero-order valence-electron chi connectivity index (χ0n) is 23.0. The van der Waals surface area contributed by atoms with Crippen LogP contribution in [0.4, 0.5) is 11.4 Å². The molecule has 0 unspecified atom stereocenters. The van der Waals surface area contributed by atoms with Crippen molar-refractivity contribution in [2.45, 2.75) is 62.2 Å². The van der Waals surface area contributed by atoms with E-state index < -0.39 is 31.1 Å². The Bertz CT molecular complexity index is 1680. The summed E-state index contributed by atoms with van der Waals surface area (Å²) in [5.74, 6) is 0. The molecule has 208 valence electrons. The summed E-state index contributed by atoms with van der Waals surface area (Å²) in [5, 5.41) is 0. The molecule has 0 fully saturated rings. The zero-order valence-corrected chi connectivity index (χ0v) is 24.6. The van der Waals surface area contributed by atoms with Gasteiger partial charge in [-0.25, -0.2) is 8.42 Å². The van der Waals surface area contributed by atoms with Gasteiger partial charge in [-0.1, -0.05) is 32.1 Å². The lowest BCUT2D eigenvalue weighted by Gasteiger charge is -2.25. The van der Waals surface area contributed by atoms with Gasteiger partial charge in [-0.15, -0.1) is 0 Å². The standard InChI is InChI=1S/C29H34N2O6S2/c1-7-30-24-16-14-20(38(32,33)34)18-22(24)28(3,4)26(30)12-10-9-11-13-27-29(5,6)23-19-21(39(35,36)37)15-17-25(23)31(27)8-2/h9-19H,7-8H2,1-6H3,(H-,32,33,34,35,36,37). The van der Waals surface area contributed by atoms with Crippen LogP contribution in [0.1, 0.15) is 52.7 Å². The van der Waals surface area contributed by atoms with Crippen molar-refractivity contribution in [2.24, 2.45) is 0 Å². The van der Waals surface area contributed by atoms with Crippen LogP contribution in [0.2, 0.25) is 0 Å². The van der Waals surface area contributed by atoms with E-state index in [1.807, 2.05) is 71.9 Å². The van der Waals surface area contributed by atoms with Crippen molar-refractivity contribution in [3.8, 4) is 0 Å². The first-order chi connectivity index (χ1) is 18.0. The summed E-state index contributed by atoms with van der Waals surface area (Å²) >= 11 is 0. The molecule has 2 aromatic carbocycles. The molecule has 39 heavy (non-hydrogen) atoms. The summed E-state index contributed by atoms with van der Waals surface area (Å²) in [6.45, 7) is 13.5. The molecule has 0 spiro atoms. The summed E-state index contributed by atoms with van der Waals surface area (Å²) < 4.78 is 69.9. The van der Waals surface area contributed by atoms with E-state index in [0.29, 0.717) is 13.1 Å². The van der Waals surface area contributed by atoms with Gasteiger partial charge in [0.05, 0.1) is 15.2 Å². The Labute approximate surface area is 231 Å². The molecule has 0 saturated heterocycles. The minimum Gasteiger partial charge on any atom is -0.744 e. The summed E-state index contributed by atoms with van der Waals surface area (Å²) in [5.41, 5.74) is 4.41. The first kappa shape index (κ1) is 28.9. The van der Waals surface area contributed by atoms with Gasteiger partial charge in [-0.2, -0.15) is 13.0 Å². The molecular formula is C29H34N2O6S2. The van der Waals surface area contributed by atoms with Gasteiger partial charge < -0.3 is 9.45 Å². The molecule has 0 amide bonds. The molecule has 10 heteroatoms. The van der Waals surface area contributed by atoms with Gasteiger partial charge in [0.2, 0.25) is 5.69 Å². The second kappa shape index (κ2) is 9.85. The first-order valence-electron chi connectivity index (χ1n) is 12.8. The molecule has 0 bridgehead atoms. The fraction of sp³-hybridized carbons (Fsp3) is 0.345. The monoisotopic (exact) mass is 570 g/mol. The van der Waals surface area contributed by atoms with Crippen LogP contribution in [-0.4, -0.2) is 49.3 Å². The first-order valence-corrected chi connectivity index (χ1v) is 15.6. The van der Waals surface area contributed by atoms with Crippen molar-refractivity contribution < 1.29 is 30.5 Å². The summed E-state index contributed by atoms with van der Waals surface area (Å²) in [7, 11) is -8.86. The smallest absolute Gasteiger partial charge is 0.294 e. The predicted molar refractivity (Wildman–Crippen MR) is 152 cm³/mol. The lowest BCUT2D eigenvalue weighted by atomic mass is 9.81. The van der Waals surface area contributed by atoms with E-state index in [9.17, 15) is 25.9 Å². The highest BCUT2D eigenvalue weighted by Gasteiger charge is 2.44. The maximum atomic E-state index is 11.7. The van der Waals surface area contributed by atoms with Crippen molar-refractivity contribution in [3.05, 3.63) is 83.6 Å². The van der Waals surface area contributed by atoms with Crippen LogP contribution >= 0.6 is 0 Å². The maximum absolute atomic E-state index is 11.7. The average Bonchev–Trinajstić information content (AvgIpc) is 3.20. The molecule has 2 heterocycles. The van der Waals surface area contributed by atoms with Crippen LogP contribution < -0.4 is 4.90 Å². The molecule has 1 N–H and O–H groups in total. The average molecular weight is 571 g/mol. The Morgan fingerprint density at radius 1 is 0.897 bits per heavy atom. The van der Waals surface area contributed by atoms with E-state index >= 15 is 0 Å². The molecule has 2 aliphatic rings. The van der Waals surface area contributed by atoms with Gasteiger partial charge in [0, 0.05) is 41.1 Å². The van der Waals surface area contributed by atoms with Gasteiger partial charge in [0.1, 0.15) is 16.7 Å². The Kier molecular flexibility index (Phi) is 7.31. The fourth-order valence-corrected chi connectivity index (χ4v) is 6.67. The van der Waals surface area contributed by atoms with Crippen molar-refractivity contribution >= 4 is 37.3 Å². The van der Waals surface area contributed by atoms with E-state index in [2.05, 4.69) is 9.48 Å². The number of likely N-dealkylation sites (N-methyl/N-ethyl adjacent to an activating group) is 1. The summed E-state index contributed by atoms with van der Waals surface area (Å²) in [6, 6.07) is 9.22. The molecule has 2 aliphatic heterocycles. The number of fused-ring (bicyclic) bond motifs is 2. The van der Waals surface area contributed by atoms with E-state index in [4.69, 9.17) is 0 Å². The minimum atomic E-state index is -4.55. The molecular weight excluding hydrogens is 536 g/mol. The van der Waals surface area contributed by atoms with Crippen molar-refractivity contribution in [1.82, 2.24) is 0 Å². The minimum absolute atomic E-state index is 0.122. The highest BCUT2D eigenvalue weighted by atomic mass is 32.2. The highest BCUT2D eigenvalue weighted by molar-refractivity contribution is 7.86. The molecule has 0 aliphatic carbocycles. The fourth-order valence-electron chi connectivity index (χ4n) is 5.66. The SMILES string of the molecule is CCN1\C(=C/C=C/C=C/C2=[N+](CC)c3ccc(S(=O)(=O)[O-])cc3C2(C)C)C(C)(C)c2cc(S(=O)(=O)O)ccc21. The lowest BCUT2D eigenvalue weighted by Crippen LogP contribution is -2.27. The third kappa shape index (κ3) is 5.02. The lowest BCUT2D eigenvalue weighted by molar-refractivity contribution is -0.433. The van der Waals surface area contributed by atoms with Gasteiger partial charge in [-0.05, 0) is 69.7 Å². The van der Waals surface area contributed by atoms with E-state index in [-0.39, 0.29) is 9.79 Å². The number of anilines is 1. The Balaban J connectivity index is 1.65. The van der Waals surface area contributed by atoms with Crippen LogP contribution in [0.15, 0.2) is 82.3 Å². The third-order valence-electron chi connectivity index (χ3n) is 7.68. The van der Waals surface area contributed by atoms with Gasteiger partial charge >= 0.3 is 0 Å². The zero-order chi connectivity index (χ0) is 29.0. The van der Waals surface area contributed by atoms with Gasteiger partial charge in [0.25, 0.3) is 10.1 Å². The van der Waals surface area contributed by atoms with E-state index in [1.54, 1.807) is 12.1 Å². The third-order valence-corrected chi connectivity index (χ3v) is 9.36. The van der Waals surface area contributed by atoms with E-state index in [0.717, 1.165) is 33.9 Å². The number of nitrogens with zero attached hydrogens (tertiary/aromatic N) is 2. The second-order valence-corrected chi connectivity index (χ2v) is 13.5. The number of benzene rings is 2. The number of allylic oxidation sites excluding steroid dienone is 6. The quantitative estimate of drug-likeness (QED) is 0.281. The van der Waals surface area contributed by atoms with Crippen molar-refractivity contribution in [1.29, 1.82) is 0 Å². The maximum Gasteiger partial charge on any atom is 0.294 e. The molecule has 4 rings (SSSR count). The van der Waals surface area contributed by atoms with Crippen LogP contribution in [0.3, 0.4) is 0 Å². The molecule has 8 nitrogen and oxygen atoms in total. The van der Waals surface area contributed by atoms with Crippen LogP contribution in [0.5, 0.6) is 0 Å². The molecule has 0 aromatic heterocycles. The summed E-state index contributed by atoms with van der Waals surface area (Å²) in [6.07, 6.45) is 9.77. The topological polar surface area (TPSA) is 118 Å². The Morgan fingerprint density at radius 3 is 2.13 bits per heavy atom. The largest absolute Gasteiger partial charge is 0.744 e. The van der Waals surface area contributed by atoms with Gasteiger partial charge in [0.15, 0.2) is 5.71 Å². The van der Waals surface area contributed by atoms with E-state index in [1.165, 1.54) is 24.3 Å². The Morgan fingerprint density at radius 2 is 1.54 bits per heavy atom. The van der Waals surface area contributed by atoms with Crippen LogP contribution in [0.25, 0.3) is 0 Å². The molecule has 0 atom stereocenters. The highest BCUT2D eigenvalue weighted by Crippen LogP contribution is 2.48. The second-order valence-electron chi connectivity index (χ2n) is 10.7. The van der Waals surface area contributed by atoms with Crippen molar-refractivity contribution in [2.75, 3.05) is 18.0 Å². The number of hydrogen-bond acceptors (Lipinski definition) is 6. The summed E-state index contributed by atoms with van der Waals surface area (Å²) in [4.78, 5) is 1.78. The van der Waals surface area contributed by atoms with Crippen LogP contribution in [-0.2, 0) is 31.1 Å². The molecule has 0 saturated carbocycles. The molecule has 2 aromatic rings.